The van der Waals surface area contributed by atoms with Crippen molar-refractivity contribution in [3.8, 4) is 11.3 Å². The molecule has 1 unspecified atom stereocenters. The Morgan fingerprint density at radius 2 is 1.66 bits per heavy atom. The minimum absolute atomic E-state index is 0. The third kappa shape index (κ3) is 10.9. The average molecular weight is 845 g/mol. The van der Waals surface area contributed by atoms with Crippen LogP contribution < -0.4 is 10.2 Å². The summed E-state index contributed by atoms with van der Waals surface area (Å²) in [6.45, 7) is 10.8. The SMILES string of the molecule is C.CC.CN1CC2(CCOCC2)C1.Cc1ccc(C(=O)N2CCc3cc(C(=O)Nc4c(F)cccc4C(F)(F)F)oc3-c3ccccc32)cc1.O=CC1C=NC2=C(CCC2)C1. The van der Waals surface area contributed by atoms with Gasteiger partial charge in [0.1, 0.15) is 17.9 Å². The Bertz CT molecular complexity index is 2210. The molecule has 4 aromatic rings. The van der Waals surface area contributed by atoms with Gasteiger partial charge in [-0.1, -0.05) is 57.2 Å². The third-order valence-electron chi connectivity index (χ3n) is 11.3. The van der Waals surface area contributed by atoms with Gasteiger partial charge in [0, 0.05) is 66.9 Å². The van der Waals surface area contributed by atoms with Gasteiger partial charge in [0.25, 0.3) is 11.8 Å². The van der Waals surface area contributed by atoms with Crippen molar-refractivity contribution in [2.75, 3.05) is 50.1 Å². The number of alkyl halides is 3. The molecule has 1 aliphatic carbocycles. The summed E-state index contributed by atoms with van der Waals surface area (Å²) in [6, 6.07) is 18.1. The summed E-state index contributed by atoms with van der Waals surface area (Å²) in [5.74, 6) is -2.32. The quantitative estimate of drug-likeness (QED) is 0.162. The number of carbonyl (C=O) groups is 3. The molecule has 0 radical (unpaired) electrons. The van der Waals surface area contributed by atoms with E-state index in [9.17, 15) is 31.9 Å². The highest BCUT2D eigenvalue weighted by atomic mass is 19.4. The predicted octanol–water partition coefficient (Wildman–Crippen LogP) is 11.0. The maximum atomic E-state index is 14.2. The lowest BCUT2D eigenvalue weighted by molar-refractivity contribution is -0.137. The number of halogens is 4. The smallest absolute Gasteiger partial charge is 0.418 e. The lowest BCUT2D eigenvalue weighted by Crippen LogP contribution is -2.56. The van der Waals surface area contributed by atoms with Gasteiger partial charge < -0.3 is 29.1 Å². The number of benzene rings is 3. The monoisotopic (exact) mass is 844 g/mol. The molecule has 326 valence electrons. The van der Waals surface area contributed by atoms with Crippen LogP contribution in [0, 0.1) is 24.1 Å². The van der Waals surface area contributed by atoms with Crippen LogP contribution in [0.25, 0.3) is 11.3 Å². The van der Waals surface area contributed by atoms with Crippen molar-refractivity contribution >= 4 is 35.7 Å². The number of likely N-dealkylation sites (tertiary alicyclic amines) is 1. The Labute approximate surface area is 355 Å². The largest absolute Gasteiger partial charge is 0.451 e. The van der Waals surface area contributed by atoms with Crippen LogP contribution >= 0.6 is 0 Å². The van der Waals surface area contributed by atoms with Crippen molar-refractivity contribution < 1.29 is 41.1 Å². The van der Waals surface area contributed by atoms with E-state index >= 15 is 0 Å². The summed E-state index contributed by atoms with van der Waals surface area (Å²) in [5.41, 5.74) is 4.34. The standard InChI is InChI=1S/C28H20F4N2O3.C9H11NO.C8H15NO.C2H6.CH4/c1-16-9-11-17(12-10-16)27(36)34-14-13-18-15-23(37-25(18)19-5-2-3-8-22(19)34)26(35)33-24-20(28(30,31)32)6-4-7-21(24)29;11-6-7-4-8-2-1-3-9(8)10-5-7;1-9-6-8(7-9)2-4-10-5-3-8;1-2;/h2-12,15H,13-14H2,1H3,(H,33,35);5-7H,1-4H2;2-7H2,1H3;1-2H3;1H4. The van der Waals surface area contributed by atoms with Gasteiger partial charge in [0.05, 0.1) is 22.9 Å². The number of aryl methyl sites for hydroxylation is 1. The van der Waals surface area contributed by atoms with Gasteiger partial charge in [-0.05, 0) is 107 Å². The number of para-hydroxylation sites is 2. The molecular formula is C48H56F4N4O5. The van der Waals surface area contributed by atoms with Crippen molar-refractivity contribution in [3.05, 3.63) is 118 Å². The number of furan rings is 1. The number of amides is 2. The number of aldehydes is 1. The van der Waals surface area contributed by atoms with Crippen molar-refractivity contribution in [2.45, 2.75) is 79.3 Å². The van der Waals surface area contributed by atoms with E-state index in [0.717, 1.165) is 56.5 Å². The van der Waals surface area contributed by atoms with E-state index in [-0.39, 0.29) is 31.6 Å². The maximum Gasteiger partial charge on any atom is 0.418 e. The molecule has 2 amide bonds. The Kier molecular flexibility index (Phi) is 15.6. The molecule has 1 spiro atoms. The first-order valence-corrected chi connectivity index (χ1v) is 20.6. The van der Waals surface area contributed by atoms with Crippen LogP contribution in [0.15, 0.2) is 93.5 Å². The summed E-state index contributed by atoms with van der Waals surface area (Å²) in [7, 11) is 2.20. The molecule has 2 saturated heterocycles. The summed E-state index contributed by atoms with van der Waals surface area (Å²) in [5, 5.41) is 2.01. The fourth-order valence-corrected chi connectivity index (χ4v) is 8.33. The van der Waals surface area contributed by atoms with Crippen molar-refractivity contribution in [3.63, 3.8) is 0 Å². The molecule has 0 bridgehead atoms. The first-order valence-electron chi connectivity index (χ1n) is 20.6. The van der Waals surface area contributed by atoms with Crippen LogP contribution in [0.5, 0.6) is 0 Å². The van der Waals surface area contributed by atoms with E-state index in [0.29, 0.717) is 46.0 Å². The average Bonchev–Trinajstić information content (AvgIpc) is 3.87. The van der Waals surface area contributed by atoms with Gasteiger partial charge in [0.15, 0.2) is 5.76 Å². The minimum Gasteiger partial charge on any atom is -0.451 e. The fraction of sp³-hybridized carbons (Fsp3) is 0.417. The highest BCUT2D eigenvalue weighted by Gasteiger charge is 2.42. The van der Waals surface area contributed by atoms with Crippen LogP contribution in [0.1, 0.15) is 97.4 Å². The molecule has 13 heteroatoms. The zero-order valence-corrected chi connectivity index (χ0v) is 34.5. The van der Waals surface area contributed by atoms with Crippen molar-refractivity contribution in [2.24, 2.45) is 16.3 Å². The highest BCUT2D eigenvalue weighted by molar-refractivity contribution is 6.09. The molecule has 1 atom stereocenters. The summed E-state index contributed by atoms with van der Waals surface area (Å²) in [6.07, 6.45) is 5.27. The number of anilines is 2. The van der Waals surface area contributed by atoms with Gasteiger partial charge in [-0.3, -0.25) is 14.6 Å². The molecule has 5 heterocycles. The minimum atomic E-state index is -4.86. The van der Waals surface area contributed by atoms with Gasteiger partial charge in [-0.2, -0.15) is 13.2 Å². The normalized spacial score (nSPS) is 18.4. The maximum absolute atomic E-state index is 14.2. The molecule has 4 aliphatic heterocycles. The van der Waals surface area contributed by atoms with Crippen molar-refractivity contribution in [1.82, 2.24) is 4.90 Å². The highest BCUT2D eigenvalue weighted by Crippen LogP contribution is 2.41. The van der Waals surface area contributed by atoms with E-state index in [1.54, 1.807) is 47.5 Å². The van der Waals surface area contributed by atoms with E-state index in [1.807, 2.05) is 38.2 Å². The van der Waals surface area contributed by atoms with Gasteiger partial charge >= 0.3 is 6.18 Å². The Hall–Kier alpha value is -5.40. The topological polar surface area (TPSA) is 104 Å². The molecule has 61 heavy (non-hydrogen) atoms. The molecule has 0 saturated carbocycles. The Balaban J connectivity index is 0.000000236. The number of allylic oxidation sites excluding steroid dienone is 2. The molecular weight excluding hydrogens is 789 g/mol. The second kappa shape index (κ2) is 20.4. The van der Waals surface area contributed by atoms with Crippen LogP contribution in [0.2, 0.25) is 0 Å². The lowest BCUT2D eigenvalue weighted by Gasteiger charge is -2.50. The molecule has 9 nitrogen and oxygen atoms in total. The lowest BCUT2D eigenvalue weighted by atomic mass is 9.74. The van der Waals surface area contributed by atoms with E-state index in [4.69, 9.17) is 9.15 Å². The number of nitrogens with zero attached hydrogens (tertiary/aromatic N) is 3. The van der Waals surface area contributed by atoms with Crippen molar-refractivity contribution in [1.29, 1.82) is 0 Å². The number of aliphatic imine (C=N–C) groups is 1. The number of hydrogen-bond acceptors (Lipinski definition) is 7. The number of nitrogens with one attached hydrogen (secondary N) is 1. The zero-order valence-electron chi connectivity index (χ0n) is 34.5. The second-order valence-electron chi connectivity index (χ2n) is 15.6. The Morgan fingerprint density at radius 3 is 2.33 bits per heavy atom. The molecule has 1 aromatic heterocycles. The summed E-state index contributed by atoms with van der Waals surface area (Å²) < 4.78 is 65.4. The van der Waals surface area contributed by atoms with E-state index in [2.05, 4.69) is 16.9 Å². The van der Waals surface area contributed by atoms with E-state index in [1.165, 1.54) is 49.7 Å². The van der Waals surface area contributed by atoms with Crippen LogP contribution in [-0.4, -0.2) is 69.1 Å². The summed E-state index contributed by atoms with van der Waals surface area (Å²) in [4.78, 5) is 44.9. The number of fused-ring (bicyclic) bond motifs is 3. The van der Waals surface area contributed by atoms with E-state index < -0.39 is 29.2 Å². The molecule has 1 N–H and O–H groups in total. The number of carbonyl (C=O) groups excluding carboxylic acids is 3. The third-order valence-corrected chi connectivity index (χ3v) is 11.3. The molecule has 2 fully saturated rings. The molecule has 9 rings (SSSR count). The number of rotatable bonds is 4. The van der Waals surface area contributed by atoms with Crippen LogP contribution in [0.4, 0.5) is 28.9 Å². The number of ether oxygens (including phenoxy) is 1. The fourth-order valence-electron chi connectivity index (χ4n) is 8.33. The van der Waals surface area contributed by atoms with Gasteiger partial charge in [-0.15, -0.1) is 0 Å². The van der Waals surface area contributed by atoms with Gasteiger partial charge in [-0.25, -0.2) is 4.39 Å². The molecule has 3 aromatic carbocycles. The Morgan fingerprint density at radius 1 is 0.951 bits per heavy atom. The molecule has 5 aliphatic rings. The first-order chi connectivity index (χ1) is 28.8. The number of hydrogen-bond donors (Lipinski definition) is 1. The first kappa shape index (κ1) is 46.7. The second-order valence-corrected chi connectivity index (χ2v) is 15.6. The van der Waals surface area contributed by atoms with Crippen LogP contribution in [-0.2, 0) is 22.1 Å². The summed E-state index contributed by atoms with van der Waals surface area (Å²) >= 11 is 0. The van der Waals surface area contributed by atoms with Crippen LogP contribution in [0.3, 0.4) is 0 Å². The predicted molar refractivity (Wildman–Crippen MR) is 232 cm³/mol. The zero-order chi connectivity index (χ0) is 43.0. The van der Waals surface area contributed by atoms with Gasteiger partial charge in [0.2, 0.25) is 0 Å².